The molecule has 0 aliphatic heterocycles. The summed E-state index contributed by atoms with van der Waals surface area (Å²) in [6.45, 7) is 0. The Morgan fingerprint density at radius 1 is 0.342 bits per heavy atom. The zero-order valence-corrected chi connectivity index (χ0v) is 20.2. The van der Waals surface area contributed by atoms with Crippen molar-refractivity contribution in [2.24, 2.45) is 0 Å². The van der Waals surface area contributed by atoms with Gasteiger partial charge in [0.25, 0.3) is 0 Å². The van der Waals surface area contributed by atoms with Crippen LogP contribution < -0.4 is 0 Å². The first-order chi connectivity index (χ1) is 18.6. The molecule has 5 aromatic carbocycles. The van der Waals surface area contributed by atoms with Crippen LogP contribution in [0.4, 0.5) is 0 Å². The molecule has 4 heteroatoms. The van der Waals surface area contributed by atoms with E-state index in [1.165, 1.54) is 0 Å². The minimum Gasteiger partial charge on any atom is -0.192 e. The van der Waals surface area contributed by atoms with Gasteiger partial charge in [0.1, 0.15) is 0 Å². The lowest BCUT2D eigenvalue weighted by Crippen LogP contribution is -1.93. The van der Waals surface area contributed by atoms with Gasteiger partial charge in [0.15, 0.2) is 0 Å². The average Bonchev–Trinajstić information content (AvgIpc) is 3.00. The van der Waals surface area contributed by atoms with E-state index in [0.29, 0.717) is 33.4 Å². The molecule has 4 nitrogen and oxygen atoms in total. The Bertz CT molecular complexity index is 1730. The van der Waals surface area contributed by atoms with Crippen molar-refractivity contribution < 1.29 is 0 Å². The normalized spacial score (nSPS) is 10.0. The third kappa shape index (κ3) is 4.63. The SMILES string of the molecule is N#Cc1cccc(-c2cccc(-c3cc(C#N)c(-c4cccc(-c5cccc(C#N)c5)c4)cc3C#N)c2)c1. The van der Waals surface area contributed by atoms with E-state index in [2.05, 4.69) is 24.3 Å². The highest BCUT2D eigenvalue weighted by molar-refractivity contribution is 5.84. The van der Waals surface area contributed by atoms with E-state index in [4.69, 9.17) is 0 Å². The van der Waals surface area contributed by atoms with Gasteiger partial charge in [-0.15, -0.1) is 0 Å². The quantitative estimate of drug-likeness (QED) is 0.261. The third-order valence-electron chi connectivity index (χ3n) is 6.40. The number of nitrogens with zero attached hydrogens (tertiary/aromatic N) is 4. The van der Waals surface area contributed by atoms with E-state index >= 15 is 0 Å². The van der Waals surface area contributed by atoms with Crippen LogP contribution in [0.15, 0.2) is 109 Å². The van der Waals surface area contributed by atoms with E-state index in [9.17, 15) is 21.0 Å². The molecule has 5 aromatic rings. The molecule has 0 N–H and O–H groups in total. The lowest BCUT2D eigenvalue weighted by atomic mass is 9.89. The van der Waals surface area contributed by atoms with E-state index < -0.39 is 0 Å². The molecule has 0 saturated carbocycles. The Hall–Kier alpha value is -5.94. The lowest BCUT2D eigenvalue weighted by Gasteiger charge is -2.13. The van der Waals surface area contributed by atoms with Crippen LogP contribution in [0, 0.1) is 45.3 Å². The van der Waals surface area contributed by atoms with E-state index in [1.807, 2.05) is 84.9 Å². The summed E-state index contributed by atoms with van der Waals surface area (Å²) in [6, 6.07) is 42.7. The Balaban J connectivity index is 1.60. The molecule has 0 aliphatic rings. The van der Waals surface area contributed by atoms with Crippen LogP contribution in [0.5, 0.6) is 0 Å². The maximum Gasteiger partial charge on any atom is 0.0998 e. The monoisotopic (exact) mass is 482 g/mol. The van der Waals surface area contributed by atoms with Gasteiger partial charge in [-0.1, -0.05) is 60.7 Å². The van der Waals surface area contributed by atoms with Gasteiger partial charge in [0, 0.05) is 11.1 Å². The van der Waals surface area contributed by atoms with Gasteiger partial charge in [-0.25, -0.2) is 0 Å². The fraction of sp³-hybridized carbons (Fsp3) is 0. The number of benzene rings is 5. The smallest absolute Gasteiger partial charge is 0.0998 e. The molecule has 0 spiro atoms. The summed E-state index contributed by atoms with van der Waals surface area (Å²) >= 11 is 0. The summed E-state index contributed by atoms with van der Waals surface area (Å²) in [5.74, 6) is 0. The molecule has 0 aliphatic carbocycles. The van der Waals surface area contributed by atoms with Gasteiger partial charge in [0.05, 0.1) is 46.5 Å². The number of hydrogen-bond donors (Lipinski definition) is 0. The molecule has 0 fully saturated rings. The van der Waals surface area contributed by atoms with Crippen molar-refractivity contribution in [1.82, 2.24) is 0 Å². The summed E-state index contributed by atoms with van der Waals surface area (Å²) < 4.78 is 0. The average molecular weight is 483 g/mol. The van der Waals surface area contributed by atoms with E-state index in [0.717, 1.165) is 33.4 Å². The molecule has 174 valence electrons. The molecule has 0 radical (unpaired) electrons. The molecule has 0 aromatic heterocycles. The zero-order valence-electron chi connectivity index (χ0n) is 20.2. The zero-order chi connectivity index (χ0) is 26.5. The van der Waals surface area contributed by atoms with Gasteiger partial charge in [0.2, 0.25) is 0 Å². The summed E-state index contributed by atoms with van der Waals surface area (Å²) in [6.07, 6.45) is 0. The van der Waals surface area contributed by atoms with Crippen LogP contribution in [0.1, 0.15) is 22.3 Å². The second-order valence-electron chi connectivity index (χ2n) is 8.71. The highest BCUT2D eigenvalue weighted by atomic mass is 14.3. The summed E-state index contributed by atoms with van der Waals surface area (Å²) in [5.41, 5.74) is 8.66. The van der Waals surface area contributed by atoms with Gasteiger partial charge >= 0.3 is 0 Å². The summed E-state index contributed by atoms with van der Waals surface area (Å²) in [7, 11) is 0. The summed E-state index contributed by atoms with van der Waals surface area (Å²) in [4.78, 5) is 0. The van der Waals surface area contributed by atoms with E-state index in [-0.39, 0.29) is 0 Å². The lowest BCUT2D eigenvalue weighted by molar-refractivity contribution is 1.44. The maximum atomic E-state index is 10.1. The molecule has 5 rings (SSSR count). The molecule has 0 heterocycles. The van der Waals surface area contributed by atoms with Gasteiger partial charge in [-0.3, -0.25) is 0 Å². The highest BCUT2D eigenvalue weighted by Crippen LogP contribution is 2.35. The van der Waals surface area contributed by atoms with Crippen molar-refractivity contribution in [3.63, 3.8) is 0 Å². The maximum absolute atomic E-state index is 10.1. The van der Waals surface area contributed by atoms with Crippen molar-refractivity contribution in [3.05, 3.63) is 131 Å². The minimum absolute atomic E-state index is 0.457. The third-order valence-corrected chi connectivity index (χ3v) is 6.40. The molecular formula is C34H18N4. The minimum atomic E-state index is 0.457. The van der Waals surface area contributed by atoms with Crippen LogP contribution in [0.2, 0.25) is 0 Å². The fourth-order valence-corrected chi connectivity index (χ4v) is 4.53. The Kier molecular flexibility index (Phi) is 6.48. The first kappa shape index (κ1) is 23.8. The van der Waals surface area contributed by atoms with Crippen LogP contribution >= 0.6 is 0 Å². The largest absolute Gasteiger partial charge is 0.192 e. The van der Waals surface area contributed by atoms with E-state index in [1.54, 1.807) is 24.3 Å². The molecule has 0 bridgehead atoms. The molecule has 0 saturated heterocycles. The Labute approximate surface area is 221 Å². The van der Waals surface area contributed by atoms with Crippen LogP contribution in [0.25, 0.3) is 44.5 Å². The van der Waals surface area contributed by atoms with Gasteiger partial charge in [-0.2, -0.15) is 21.0 Å². The first-order valence-corrected chi connectivity index (χ1v) is 11.8. The second-order valence-corrected chi connectivity index (χ2v) is 8.71. The number of rotatable bonds is 4. The standard InChI is InChI=1S/C34H18N4/c35-19-23-5-1-7-25(13-23)27-9-3-11-29(15-27)33-17-32(22-38)34(18-31(33)21-37)30-12-4-10-28(16-30)26-8-2-6-24(14-26)20-36/h1-18H. The fourth-order valence-electron chi connectivity index (χ4n) is 4.53. The van der Waals surface area contributed by atoms with Crippen LogP contribution in [-0.4, -0.2) is 0 Å². The molecule has 0 amide bonds. The number of nitriles is 4. The summed E-state index contributed by atoms with van der Waals surface area (Å²) in [5, 5.41) is 38.6. The first-order valence-electron chi connectivity index (χ1n) is 11.8. The van der Waals surface area contributed by atoms with Crippen molar-refractivity contribution in [2.75, 3.05) is 0 Å². The Morgan fingerprint density at radius 2 is 0.684 bits per heavy atom. The molecule has 38 heavy (non-hydrogen) atoms. The Morgan fingerprint density at radius 3 is 1.05 bits per heavy atom. The van der Waals surface area contributed by atoms with Crippen LogP contribution in [0.3, 0.4) is 0 Å². The predicted octanol–water partition coefficient (Wildman–Crippen LogP) is 7.84. The molecule has 0 atom stereocenters. The van der Waals surface area contributed by atoms with Crippen molar-refractivity contribution in [1.29, 1.82) is 21.0 Å². The predicted molar refractivity (Wildman–Crippen MR) is 147 cm³/mol. The highest BCUT2D eigenvalue weighted by Gasteiger charge is 2.15. The topological polar surface area (TPSA) is 95.2 Å². The molecule has 0 unspecified atom stereocenters. The molecular weight excluding hydrogens is 464 g/mol. The van der Waals surface area contributed by atoms with Gasteiger partial charge < -0.3 is 0 Å². The van der Waals surface area contributed by atoms with Crippen molar-refractivity contribution in [3.8, 4) is 68.8 Å². The van der Waals surface area contributed by atoms with Crippen molar-refractivity contribution in [2.45, 2.75) is 0 Å². The van der Waals surface area contributed by atoms with Crippen molar-refractivity contribution >= 4 is 0 Å². The van der Waals surface area contributed by atoms with Gasteiger partial charge in [-0.05, 0) is 81.9 Å². The second kappa shape index (κ2) is 10.4. The number of hydrogen-bond acceptors (Lipinski definition) is 4. The van der Waals surface area contributed by atoms with Crippen LogP contribution in [-0.2, 0) is 0 Å².